The van der Waals surface area contributed by atoms with Crippen LogP contribution in [0.2, 0.25) is 0 Å². The summed E-state index contributed by atoms with van der Waals surface area (Å²) in [6, 6.07) is 8.77. The van der Waals surface area contributed by atoms with Crippen molar-refractivity contribution in [2.75, 3.05) is 26.0 Å². The van der Waals surface area contributed by atoms with Gasteiger partial charge in [0.2, 0.25) is 0 Å². The SMILES string of the molecule is COc1ccc(C(=O)Nc2cnc3c(c2)CN(C)CC3)cc1C#N.Cl. The van der Waals surface area contributed by atoms with Gasteiger partial charge in [0.15, 0.2) is 0 Å². The Bertz CT molecular complexity index is 832. The van der Waals surface area contributed by atoms with Crippen LogP contribution < -0.4 is 10.1 Å². The van der Waals surface area contributed by atoms with E-state index in [2.05, 4.69) is 22.2 Å². The molecule has 1 aromatic heterocycles. The van der Waals surface area contributed by atoms with E-state index < -0.39 is 0 Å². The first-order valence-electron chi connectivity index (χ1n) is 7.66. The highest BCUT2D eigenvalue weighted by Gasteiger charge is 2.16. The summed E-state index contributed by atoms with van der Waals surface area (Å²) in [5.41, 5.74) is 3.61. The third kappa shape index (κ3) is 4.08. The second-order valence-corrected chi connectivity index (χ2v) is 5.80. The molecule has 1 aliphatic rings. The lowest BCUT2D eigenvalue weighted by molar-refractivity contribution is 0.102. The highest BCUT2D eigenvalue weighted by atomic mass is 35.5. The van der Waals surface area contributed by atoms with Crippen molar-refractivity contribution in [1.29, 1.82) is 5.26 Å². The zero-order chi connectivity index (χ0) is 17.1. The summed E-state index contributed by atoms with van der Waals surface area (Å²) in [5, 5.41) is 12.0. The summed E-state index contributed by atoms with van der Waals surface area (Å²) < 4.78 is 5.09. The second-order valence-electron chi connectivity index (χ2n) is 5.80. The molecule has 1 amide bonds. The first kappa shape index (κ1) is 18.7. The van der Waals surface area contributed by atoms with Crippen LogP contribution in [0.4, 0.5) is 5.69 Å². The fourth-order valence-electron chi connectivity index (χ4n) is 2.78. The predicted molar refractivity (Wildman–Crippen MR) is 97.2 cm³/mol. The van der Waals surface area contributed by atoms with Crippen LogP contribution in [-0.4, -0.2) is 36.5 Å². The number of likely N-dealkylation sites (N-methyl/N-ethyl adjacent to an activating group) is 1. The van der Waals surface area contributed by atoms with Crippen molar-refractivity contribution >= 4 is 24.0 Å². The molecule has 2 aromatic rings. The molecule has 0 atom stereocenters. The van der Waals surface area contributed by atoms with Crippen LogP contribution in [0.25, 0.3) is 0 Å². The van der Waals surface area contributed by atoms with Crippen molar-refractivity contribution in [2.24, 2.45) is 0 Å². The number of amides is 1. The molecule has 7 heteroatoms. The van der Waals surface area contributed by atoms with Crippen molar-refractivity contribution in [1.82, 2.24) is 9.88 Å². The maximum absolute atomic E-state index is 12.4. The van der Waals surface area contributed by atoms with Gasteiger partial charge in [-0.05, 0) is 36.9 Å². The number of nitrogens with one attached hydrogen (secondary N) is 1. The van der Waals surface area contributed by atoms with Crippen molar-refractivity contribution in [3.05, 3.63) is 52.8 Å². The molecule has 0 unspecified atom stereocenters. The van der Waals surface area contributed by atoms with E-state index in [1.165, 1.54) is 13.2 Å². The zero-order valence-corrected chi connectivity index (χ0v) is 14.9. The van der Waals surface area contributed by atoms with E-state index in [1.807, 2.05) is 12.1 Å². The molecule has 0 spiro atoms. The number of fused-ring (bicyclic) bond motifs is 1. The summed E-state index contributed by atoms with van der Waals surface area (Å²) in [6.07, 6.45) is 2.60. The molecule has 25 heavy (non-hydrogen) atoms. The van der Waals surface area contributed by atoms with Crippen molar-refractivity contribution in [2.45, 2.75) is 13.0 Å². The number of carbonyl (C=O) groups is 1. The van der Waals surface area contributed by atoms with Gasteiger partial charge in [-0.3, -0.25) is 9.78 Å². The summed E-state index contributed by atoms with van der Waals surface area (Å²) in [4.78, 5) is 19.1. The van der Waals surface area contributed by atoms with E-state index in [0.29, 0.717) is 22.6 Å². The number of hydrogen-bond donors (Lipinski definition) is 1. The number of halogens is 1. The molecule has 130 valence electrons. The lowest BCUT2D eigenvalue weighted by Gasteiger charge is -2.24. The Morgan fingerprint density at radius 2 is 2.20 bits per heavy atom. The lowest BCUT2D eigenvalue weighted by Crippen LogP contribution is -2.27. The third-order valence-electron chi connectivity index (χ3n) is 4.07. The van der Waals surface area contributed by atoms with Gasteiger partial charge in [0.25, 0.3) is 5.91 Å². The maximum Gasteiger partial charge on any atom is 0.255 e. The molecule has 1 aliphatic heterocycles. The molecule has 3 rings (SSSR count). The number of anilines is 1. The summed E-state index contributed by atoms with van der Waals surface area (Å²) >= 11 is 0. The van der Waals surface area contributed by atoms with E-state index in [1.54, 1.807) is 18.3 Å². The minimum atomic E-state index is -0.278. The number of methoxy groups -OCH3 is 1. The van der Waals surface area contributed by atoms with Crippen LogP contribution in [0.5, 0.6) is 5.75 Å². The minimum Gasteiger partial charge on any atom is -0.495 e. The van der Waals surface area contributed by atoms with Crippen LogP contribution in [-0.2, 0) is 13.0 Å². The van der Waals surface area contributed by atoms with Gasteiger partial charge in [-0.2, -0.15) is 5.26 Å². The quantitative estimate of drug-likeness (QED) is 0.912. The topological polar surface area (TPSA) is 78.2 Å². The molecule has 1 aromatic carbocycles. The molecular weight excluding hydrogens is 340 g/mol. The first-order chi connectivity index (χ1) is 11.6. The number of hydrogen-bond acceptors (Lipinski definition) is 5. The molecule has 6 nitrogen and oxygen atoms in total. The number of nitriles is 1. The monoisotopic (exact) mass is 358 g/mol. The number of benzene rings is 1. The van der Waals surface area contributed by atoms with Gasteiger partial charge in [-0.25, -0.2) is 0 Å². The Kier molecular flexibility index (Phi) is 5.97. The standard InChI is InChI=1S/C18H18N4O2.ClH/c1-22-6-5-16-14(11-22)8-15(10-20-16)21-18(23)12-3-4-17(24-2)13(7-12)9-19;/h3-4,7-8,10H,5-6,11H2,1-2H3,(H,21,23);1H. The lowest BCUT2D eigenvalue weighted by atomic mass is 10.1. The maximum atomic E-state index is 12.4. The van der Waals surface area contributed by atoms with E-state index in [9.17, 15) is 4.79 Å². The van der Waals surface area contributed by atoms with Crippen molar-refractivity contribution in [3.8, 4) is 11.8 Å². The Labute approximate surface area is 152 Å². The average molecular weight is 359 g/mol. The van der Waals surface area contributed by atoms with Gasteiger partial charge in [-0.1, -0.05) is 0 Å². The third-order valence-corrected chi connectivity index (χ3v) is 4.07. The summed E-state index contributed by atoms with van der Waals surface area (Å²) in [6.45, 7) is 1.82. The molecule has 0 fully saturated rings. The molecule has 1 N–H and O–H groups in total. The fraction of sp³-hybridized carbons (Fsp3) is 0.278. The van der Waals surface area contributed by atoms with E-state index in [0.717, 1.165) is 30.8 Å². The second kappa shape index (κ2) is 7.97. The number of nitrogens with zero attached hydrogens (tertiary/aromatic N) is 3. The summed E-state index contributed by atoms with van der Waals surface area (Å²) in [5.74, 6) is 0.174. The van der Waals surface area contributed by atoms with Gasteiger partial charge in [0.05, 0.1) is 24.6 Å². The van der Waals surface area contributed by atoms with Gasteiger partial charge < -0.3 is 15.0 Å². The van der Waals surface area contributed by atoms with Crippen LogP contribution >= 0.6 is 12.4 Å². The number of pyridine rings is 1. The van der Waals surface area contributed by atoms with Crippen molar-refractivity contribution < 1.29 is 9.53 Å². The van der Waals surface area contributed by atoms with Gasteiger partial charge in [0.1, 0.15) is 11.8 Å². The number of carbonyl (C=O) groups excluding carboxylic acids is 1. The smallest absolute Gasteiger partial charge is 0.255 e. The average Bonchev–Trinajstić information content (AvgIpc) is 2.60. The Balaban J connectivity index is 0.00000225. The minimum absolute atomic E-state index is 0. The van der Waals surface area contributed by atoms with Gasteiger partial charge in [-0.15, -0.1) is 12.4 Å². The largest absolute Gasteiger partial charge is 0.495 e. The van der Waals surface area contributed by atoms with Crippen LogP contribution in [0.3, 0.4) is 0 Å². The van der Waals surface area contributed by atoms with E-state index in [-0.39, 0.29) is 18.3 Å². The summed E-state index contributed by atoms with van der Waals surface area (Å²) in [7, 11) is 3.56. The molecule has 0 aliphatic carbocycles. The predicted octanol–water partition coefficient (Wildman–Crippen LogP) is 2.62. The highest BCUT2D eigenvalue weighted by molar-refractivity contribution is 6.04. The molecule has 0 bridgehead atoms. The zero-order valence-electron chi connectivity index (χ0n) is 14.1. The van der Waals surface area contributed by atoms with Crippen LogP contribution in [0, 0.1) is 11.3 Å². The Morgan fingerprint density at radius 3 is 2.92 bits per heavy atom. The van der Waals surface area contributed by atoms with E-state index in [4.69, 9.17) is 10.00 Å². The molecule has 0 saturated carbocycles. The fourth-order valence-corrected chi connectivity index (χ4v) is 2.78. The molecular formula is C18H19ClN4O2. The molecule has 0 radical (unpaired) electrons. The highest BCUT2D eigenvalue weighted by Crippen LogP contribution is 2.22. The van der Waals surface area contributed by atoms with Crippen molar-refractivity contribution in [3.63, 3.8) is 0 Å². The number of ether oxygens (including phenoxy) is 1. The van der Waals surface area contributed by atoms with Crippen LogP contribution in [0.15, 0.2) is 30.5 Å². The number of aromatic nitrogens is 1. The van der Waals surface area contributed by atoms with Crippen LogP contribution in [0.1, 0.15) is 27.2 Å². The molecule has 0 saturated heterocycles. The number of rotatable bonds is 3. The normalized spacial score (nSPS) is 13.2. The van der Waals surface area contributed by atoms with Gasteiger partial charge in [0, 0.05) is 30.8 Å². The first-order valence-corrected chi connectivity index (χ1v) is 7.66. The van der Waals surface area contributed by atoms with E-state index >= 15 is 0 Å². The van der Waals surface area contributed by atoms with Gasteiger partial charge >= 0.3 is 0 Å². The molecule has 2 heterocycles. The Morgan fingerprint density at radius 1 is 1.40 bits per heavy atom. The Hall–Kier alpha value is -2.62.